The largest absolute Gasteiger partial charge is 0.491 e. The first-order chi connectivity index (χ1) is 9.13. The van der Waals surface area contributed by atoms with Gasteiger partial charge in [-0.15, -0.1) is 0 Å². The summed E-state index contributed by atoms with van der Waals surface area (Å²) < 4.78 is 5.50. The molecule has 106 valence electrons. The molecule has 1 aliphatic heterocycles. The van der Waals surface area contributed by atoms with Crippen LogP contribution in [0.15, 0.2) is 24.3 Å². The molecular weight excluding hydrogens is 266 g/mol. The predicted octanol–water partition coefficient (Wildman–Crippen LogP) is 1.54. The molecule has 0 unspecified atom stereocenters. The van der Waals surface area contributed by atoms with E-state index in [0.717, 1.165) is 25.9 Å². The second-order valence-corrected chi connectivity index (χ2v) is 5.39. The van der Waals surface area contributed by atoms with E-state index in [1.165, 1.54) is 0 Å². The Bertz CT molecular complexity index is 377. The molecule has 1 aromatic rings. The number of aliphatic hydroxyl groups excluding tert-OH is 2. The zero-order valence-corrected chi connectivity index (χ0v) is 11.6. The van der Waals surface area contributed by atoms with Crippen LogP contribution in [0.3, 0.4) is 0 Å². The zero-order chi connectivity index (χ0) is 13.7. The number of hydrogen-bond donors (Lipinski definition) is 2. The molecule has 5 heteroatoms. The molecule has 1 heterocycles. The molecule has 0 amide bonds. The van der Waals surface area contributed by atoms with E-state index in [-0.39, 0.29) is 12.7 Å². The number of β-amino-alcohol motifs (C(OH)–C–C–N with tert-alkyl or cyclic N) is 1. The molecule has 1 aromatic carbocycles. The van der Waals surface area contributed by atoms with E-state index in [1.807, 2.05) is 0 Å². The van der Waals surface area contributed by atoms with Crippen molar-refractivity contribution in [2.45, 2.75) is 25.0 Å². The van der Waals surface area contributed by atoms with Crippen LogP contribution >= 0.6 is 11.6 Å². The van der Waals surface area contributed by atoms with Crippen LogP contribution in [0.2, 0.25) is 5.02 Å². The lowest BCUT2D eigenvalue weighted by Crippen LogP contribution is -2.41. The molecule has 19 heavy (non-hydrogen) atoms. The summed E-state index contributed by atoms with van der Waals surface area (Å²) in [5.41, 5.74) is 0. The van der Waals surface area contributed by atoms with E-state index in [1.54, 1.807) is 24.3 Å². The van der Waals surface area contributed by atoms with Crippen LogP contribution in [0.25, 0.3) is 0 Å². The highest BCUT2D eigenvalue weighted by Gasteiger charge is 2.19. The van der Waals surface area contributed by atoms with Crippen molar-refractivity contribution in [3.63, 3.8) is 0 Å². The number of ether oxygens (including phenoxy) is 1. The van der Waals surface area contributed by atoms with Crippen LogP contribution in [0, 0.1) is 0 Å². The van der Waals surface area contributed by atoms with Crippen LogP contribution in [0.5, 0.6) is 5.75 Å². The van der Waals surface area contributed by atoms with Gasteiger partial charge in [0.15, 0.2) is 0 Å². The fourth-order valence-corrected chi connectivity index (χ4v) is 2.30. The minimum absolute atomic E-state index is 0.182. The van der Waals surface area contributed by atoms with Gasteiger partial charge in [0.05, 0.1) is 6.10 Å². The number of hydrogen-bond acceptors (Lipinski definition) is 4. The van der Waals surface area contributed by atoms with E-state index in [0.29, 0.717) is 17.3 Å². The van der Waals surface area contributed by atoms with Gasteiger partial charge in [-0.3, -0.25) is 0 Å². The van der Waals surface area contributed by atoms with Crippen molar-refractivity contribution in [2.24, 2.45) is 0 Å². The molecule has 4 nitrogen and oxygen atoms in total. The van der Waals surface area contributed by atoms with Gasteiger partial charge in [0.25, 0.3) is 0 Å². The molecule has 1 fully saturated rings. The second kappa shape index (κ2) is 7.10. The zero-order valence-electron chi connectivity index (χ0n) is 10.8. The molecule has 1 aliphatic rings. The molecular formula is C14H20ClNO3. The van der Waals surface area contributed by atoms with Crippen molar-refractivity contribution < 1.29 is 14.9 Å². The molecule has 2 N–H and O–H groups in total. The van der Waals surface area contributed by atoms with Gasteiger partial charge in [-0.2, -0.15) is 0 Å². The summed E-state index contributed by atoms with van der Waals surface area (Å²) in [5.74, 6) is 0.706. The number of nitrogens with zero attached hydrogens (tertiary/aromatic N) is 1. The Morgan fingerprint density at radius 3 is 2.53 bits per heavy atom. The predicted molar refractivity (Wildman–Crippen MR) is 74.6 cm³/mol. The number of benzene rings is 1. The lowest BCUT2D eigenvalue weighted by atomic mass is 10.1. The minimum Gasteiger partial charge on any atom is -0.491 e. The molecule has 0 bridgehead atoms. The van der Waals surface area contributed by atoms with Gasteiger partial charge in [-0.05, 0) is 37.1 Å². The highest BCUT2D eigenvalue weighted by atomic mass is 35.5. The maximum absolute atomic E-state index is 9.93. The average Bonchev–Trinajstić information content (AvgIpc) is 2.41. The summed E-state index contributed by atoms with van der Waals surface area (Å²) >= 11 is 5.78. The van der Waals surface area contributed by atoms with Gasteiger partial charge < -0.3 is 19.8 Å². The van der Waals surface area contributed by atoms with E-state index in [2.05, 4.69) is 4.90 Å². The molecule has 0 radical (unpaired) electrons. The van der Waals surface area contributed by atoms with Crippen molar-refractivity contribution in [1.82, 2.24) is 4.90 Å². The molecule has 1 saturated heterocycles. The summed E-state index contributed by atoms with van der Waals surface area (Å²) in [4.78, 5) is 2.16. The van der Waals surface area contributed by atoms with Crippen molar-refractivity contribution in [2.75, 3.05) is 26.2 Å². The first-order valence-electron chi connectivity index (χ1n) is 6.60. The molecule has 0 spiro atoms. The molecule has 1 atom stereocenters. The maximum atomic E-state index is 9.93. The quantitative estimate of drug-likeness (QED) is 0.862. The number of piperidine rings is 1. The topological polar surface area (TPSA) is 52.9 Å². The van der Waals surface area contributed by atoms with Crippen LogP contribution in [0.4, 0.5) is 0 Å². The lowest BCUT2D eigenvalue weighted by Gasteiger charge is -2.30. The fraction of sp³-hybridized carbons (Fsp3) is 0.571. The van der Waals surface area contributed by atoms with Crippen molar-refractivity contribution >= 4 is 11.6 Å². The highest BCUT2D eigenvalue weighted by Crippen LogP contribution is 2.16. The third-order valence-electron chi connectivity index (χ3n) is 3.28. The van der Waals surface area contributed by atoms with Crippen molar-refractivity contribution in [1.29, 1.82) is 0 Å². The minimum atomic E-state index is -0.522. The lowest BCUT2D eigenvalue weighted by molar-refractivity contribution is 0.0338. The summed E-state index contributed by atoms with van der Waals surface area (Å²) in [5, 5.41) is 20.0. The third kappa shape index (κ3) is 4.99. The third-order valence-corrected chi connectivity index (χ3v) is 3.53. The van der Waals surface area contributed by atoms with Crippen molar-refractivity contribution in [3.8, 4) is 5.75 Å². The average molecular weight is 286 g/mol. The van der Waals surface area contributed by atoms with Crippen LogP contribution in [-0.2, 0) is 0 Å². The van der Waals surface area contributed by atoms with Gasteiger partial charge in [0.2, 0.25) is 0 Å². The van der Waals surface area contributed by atoms with Crippen LogP contribution in [-0.4, -0.2) is 53.6 Å². The van der Waals surface area contributed by atoms with Gasteiger partial charge in [-0.1, -0.05) is 11.6 Å². The first-order valence-corrected chi connectivity index (χ1v) is 6.98. The second-order valence-electron chi connectivity index (χ2n) is 4.95. The van der Waals surface area contributed by atoms with E-state index in [9.17, 15) is 10.2 Å². The SMILES string of the molecule is OC1CCN(C[C@H](O)COc2ccc(Cl)cc2)CC1. The summed E-state index contributed by atoms with van der Waals surface area (Å²) in [6, 6.07) is 7.09. The fourth-order valence-electron chi connectivity index (χ4n) is 2.18. The number of aliphatic hydroxyl groups is 2. The summed E-state index contributed by atoms with van der Waals surface area (Å²) in [6.07, 6.45) is 0.861. The Morgan fingerprint density at radius 1 is 1.26 bits per heavy atom. The molecule has 0 saturated carbocycles. The van der Waals surface area contributed by atoms with E-state index >= 15 is 0 Å². The van der Waals surface area contributed by atoms with Gasteiger partial charge in [-0.25, -0.2) is 0 Å². The Morgan fingerprint density at radius 2 is 1.89 bits per heavy atom. The maximum Gasteiger partial charge on any atom is 0.119 e. The normalized spacial score (nSPS) is 19.3. The first kappa shape index (κ1) is 14.6. The van der Waals surface area contributed by atoms with Gasteiger partial charge in [0.1, 0.15) is 18.5 Å². The van der Waals surface area contributed by atoms with Crippen LogP contribution in [0.1, 0.15) is 12.8 Å². The number of rotatable bonds is 5. The molecule has 0 aromatic heterocycles. The smallest absolute Gasteiger partial charge is 0.119 e. The monoisotopic (exact) mass is 285 g/mol. The molecule has 0 aliphatic carbocycles. The van der Waals surface area contributed by atoms with Gasteiger partial charge in [0, 0.05) is 24.7 Å². The molecule has 2 rings (SSSR count). The highest BCUT2D eigenvalue weighted by molar-refractivity contribution is 6.30. The van der Waals surface area contributed by atoms with Crippen molar-refractivity contribution in [3.05, 3.63) is 29.3 Å². The summed E-state index contributed by atoms with van der Waals surface area (Å²) in [6.45, 7) is 2.51. The number of halogens is 1. The Labute approximate surface area is 118 Å². The van der Waals surface area contributed by atoms with E-state index in [4.69, 9.17) is 16.3 Å². The standard InChI is InChI=1S/C14H20ClNO3/c15-11-1-3-14(4-2-11)19-10-13(18)9-16-7-5-12(17)6-8-16/h1-4,12-13,17-18H,5-10H2/t13-/m0/s1. The number of likely N-dealkylation sites (tertiary alicyclic amines) is 1. The Hall–Kier alpha value is -0.810. The van der Waals surface area contributed by atoms with E-state index < -0.39 is 6.10 Å². The van der Waals surface area contributed by atoms with Gasteiger partial charge >= 0.3 is 0 Å². The Kier molecular flexibility index (Phi) is 5.45. The van der Waals surface area contributed by atoms with Crippen LogP contribution < -0.4 is 4.74 Å². The summed E-state index contributed by atoms with van der Waals surface area (Å²) in [7, 11) is 0. The Balaban J connectivity index is 1.69.